The SMILES string of the molecule is CC(CCc1ccccc1)NC(=O)CCC(=O)N1CCC(c2ccccc2)=N1. The quantitative estimate of drug-likeness (QED) is 0.765. The molecule has 3 rings (SSSR count). The molecule has 0 fully saturated rings. The highest BCUT2D eigenvalue weighted by Crippen LogP contribution is 2.15. The Labute approximate surface area is 166 Å². The van der Waals surface area contributed by atoms with Gasteiger partial charge < -0.3 is 5.32 Å². The van der Waals surface area contributed by atoms with Crippen molar-refractivity contribution in [2.24, 2.45) is 5.10 Å². The van der Waals surface area contributed by atoms with Crippen LogP contribution in [-0.4, -0.2) is 35.1 Å². The summed E-state index contributed by atoms with van der Waals surface area (Å²) in [4.78, 5) is 24.5. The molecular weight excluding hydrogens is 350 g/mol. The molecule has 28 heavy (non-hydrogen) atoms. The normalized spacial score (nSPS) is 14.5. The second-order valence-electron chi connectivity index (χ2n) is 7.17. The molecule has 0 bridgehead atoms. The molecule has 1 aliphatic rings. The summed E-state index contributed by atoms with van der Waals surface area (Å²) in [5, 5.41) is 8.91. The molecule has 0 radical (unpaired) electrons. The van der Waals surface area contributed by atoms with Crippen molar-refractivity contribution in [1.29, 1.82) is 0 Å². The van der Waals surface area contributed by atoms with Crippen LogP contribution in [-0.2, 0) is 16.0 Å². The summed E-state index contributed by atoms with van der Waals surface area (Å²) in [7, 11) is 0. The lowest BCUT2D eigenvalue weighted by atomic mass is 10.1. The van der Waals surface area contributed by atoms with Crippen molar-refractivity contribution in [2.45, 2.75) is 45.1 Å². The minimum absolute atomic E-state index is 0.0808. The van der Waals surface area contributed by atoms with Gasteiger partial charge in [0.15, 0.2) is 0 Å². The Bertz CT molecular complexity index is 818. The molecule has 0 saturated carbocycles. The highest BCUT2D eigenvalue weighted by atomic mass is 16.2. The van der Waals surface area contributed by atoms with Crippen LogP contribution in [0.4, 0.5) is 0 Å². The van der Waals surface area contributed by atoms with Gasteiger partial charge in [-0.25, -0.2) is 5.01 Å². The summed E-state index contributed by atoms with van der Waals surface area (Å²) in [6.07, 6.45) is 2.93. The number of carbonyl (C=O) groups excluding carboxylic acids is 2. The van der Waals surface area contributed by atoms with Gasteiger partial charge in [-0.3, -0.25) is 9.59 Å². The van der Waals surface area contributed by atoms with E-state index in [-0.39, 0.29) is 30.7 Å². The van der Waals surface area contributed by atoms with Crippen molar-refractivity contribution < 1.29 is 9.59 Å². The predicted octanol–water partition coefficient (Wildman–Crippen LogP) is 3.54. The van der Waals surface area contributed by atoms with E-state index in [0.717, 1.165) is 30.5 Å². The minimum Gasteiger partial charge on any atom is -0.354 e. The number of nitrogens with one attached hydrogen (secondary N) is 1. The van der Waals surface area contributed by atoms with Crippen LogP contribution in [0.3, 0.4) is 0 Å². The lowest BCUT2D eigenvalue weighted by Crippen LogP contribution is -2.34. The molecule has 1 heterocycles. The van der Waals surface area contributed by atoms with Crippen molar-refractivity contribution in [3.63, 3.8) is 0 Å². The fraction of sp³-hybridized carbons (Fsp3) is 0.348. The van der Waals surface area contributed by atoms with Crippen molar-refractivity contribution in [3.8, 4) is 0 Å². The number of hydrogen-bond acceptors (Lipinski definition) is 3. The van der Waals surface area contributed by atoms with Crippen LogP contribution >= 0.6 is 0 Å². The van der Waals surface area contributed by atoms with E-state index >= 15 is 0 Å². The van der Waals surface area contributed by atoms with Gasteiger partial charge in [0.2, 0.25) is 11.8 Å². The first-order valence-electron chi connectivity index (χ1n) is 9.88. The van der Waals surface area contributed by atoms with Gasteiger partial charge in [0, 0.05) is 25.3 Å². The van der Waals surface area contributed by atoms with Crippen LogP contribution in [0.15, 0.2) is 65.8 Å². The zero-order valence-corrected chi connectivity index (χ0v) is 16.3. The van der Waals surface area contributed by atoms with E-state index in [9.17, 15) is 9.59 Å². The summed E-state index contributed by atoms with van der Waals surface area (Å²) in [5.74, 6) is -0.182. The Kier molecular flexibility index (Phi) is 6.95. The van der Waals surface area contributed by atoms with Crippen LogP contribution in [0, 0.1) is 0 Å². The molecule has 1 unspecified atom stereocenters. The monoisotopic (exact) mass is 377 g/mol. The number of hydrogen-bond donors (Lipinski definition) is 1. The van der Waals surface area contributed by atoms with E-state index < -0.39 is 0 Å². The number of carbonyl (C=O) groups is 2. The molecular formula is C23H27N3O2. The number of aryl methyl sites for hydroxylation is 1. The second kappa shape index (κ2) is 9.83. The molecule has 1 N–H and O–H groups in total. The summed E-state index contributed by atoms with van der Waals surface area (Å²) in [6.45, 7) is 2.58. The Morgan fingerprint density at radius 2 is 1.71 bits per heavy atom. The average molecular weight is 377 g/mol. The smallest absolute Gasteiger partial charge is 0.243 e. The van der Waals surface area contributed by atoms with Crippen molar-refractivity contribution >= 4 is 17.5 Å². The van der Waals surface area contributed by atoms with Gasteiger partial charge in [0.25, 0.3) is 0 Å². The predicted molar refractivity (Wildman–Crippen MR) is 111 cm³/mol. The summed E-state index contributed by atoms with van der Waals surface area (Å²) >= 11 is 0. The van der Waals surface area contributed by atoms with Crippen LogP contribution < -0.4 is 5.32 Å². The van der Waals surface area contributed by atoms with Crippen LogP contribution in [0.25, 0.3) is 0 Å². The molecule has 2 aromatic carbocycles. The van der Waals surface area contributed by atoms with Crippen molar-refractivity contribution in [3.05, 3.63) is 71.8 Å². The molecule has 2 amide bonds. The van der Waals surface area contributed by atoms with Crippen LogP contribution in [0.1, 0.15) is 43.7 Å². The molecule has 0 spiro atoms. The van der Waals surface area contributed by atoms with Gasteiger partial charge >= 0.3 is 0 Å². The second-order valence-corrected chi connectivity index (χ2v) is 7.17. The highest BCUT2D eigenvalue weighted by Gasteiger charge is 2.22. The van der Waals surface area contributed by atoms with Gasteiger partial charge in [-0.1, -0.05) is 60.7 Å². The molecule has 5 nitrogen and oxygen atoms in total. The number of amides is 2. The number of nitrogens with zero attached hydrogens (tertiary/aromatic N) is 2. The van der Waals surface area contributed by atoms with Crippen molar-refractivity contribution in [2.75, 3.05) is 6.54 Å². The fourth-order valence-electron chi connectivity index (χ4n) is 3.27. The van der Waals surface area contributed by atoms with E-state index in [2.05, 4.69) is 22.6 Å². The Morgan fingerprint density at radius 3 is 2.43 bits per heavy atom. The maximum atomic E-state index is 12.4. The molecule has 0 saturated heterocycles. The minimum atomic E-state index is -0.0991. The summed E-state index contributed by atoms with van der Waals surface area (Å²) in [5.41, 5.74) is 3.23. The molecule has 0 aliphatic carbocycles. The lowest BCUT2D eigenvalue weighted by molar-refractivity contribution is -0.133. The molecule has 2 aromatic rings. The van der Waals surface area contributed by atoms with Gasteiger partial charge in [0.1, 0.15) is 0 Å². The first-order valence-corrected chi connectivity index (χ1v) is 9.88. The largest absolute Gasteiger partial charge is 0.354 e. The van der Waals surface area contributed by atoms with Crippen LogP contribution in [0.2, 0.25) is 0 Å². The lowest BCUT2D eigenvalue weighted by Gasteiger charge is -2.15. The van der Waals surface area contributed by atoms with E-state index in [0.29, 0.717) is 6.54 Å². The van der Waals surface area contributed by atoms with E-state index in [4.69, 9.17) is 0 Å². The van der Waals surface area contributed by atoms with E-state index in [1.54, 1.807) is 0 Å². The van der Waals surface area contributed by atoms with Gasteiger partial charge in [-0.15, -0.1) is 0 Å². The Balaban J connectivity index is 1.39. The van der Waals surface area contributed by atoms with Gasteiger partial charge in [-0.05, 0) is 30.9 Å². The van der Waals surface area contributed by atoms with E-state index in [1.165, 1.54) is 10.6 Å². The third-order valence-corrected chi connectivity index (χ3v) is 4.88. The number of rotatable bonds is 8. The van der Waals surface area contributed by atoms with Crippen molar-refractivity contribution in [1.82, 2.24) is 10.3 Å². The first kappa shape index (κ1) is 19.8. The highest BCUT2D eigenvalue weighted by molar-refractivity contribution is 6.02. The van der Waals surface area contributed by atoms with E-state index in [1.807, 2.05) is 55.5 Å². The third-order valence-electron chi connectivity index (χ3n) is 4.88. The molecule has 1 aliphatic heterocycles. The third kappa shape index (κ3) is 5.78. The molecule has 0 aromatic heterocycles. The zero-order valence-electron chi connectivity index (χ0n) is 16.3. The maximum Gasteiger partial charge on any atom is 0.243 e. The summed E-state index contributed by atoms with van der Waals surface area (Å²) < 4.78 is 0. The number of benzene rings is 2. The van der Waals surface area contributed by atoms with Gasteiger partial charge in [0.05, 0.1) is 12.3 Å². The average Bonchev–Trinajstić information content (AvgIpc) is 3.22. The summed E-state index contributed by atoms with van der Waals surface area (Å²) in [6, 6.07) is 20.2. The first-order chi connectivity index (χ1) is 13.6. The fourth-order valence-corrected chi connectivity index (χ4v) is 3.27. The van der Waals surface area contributed by atoms with Gasteiger partial charge in [-0.2, -0.15) is 5.10 Å². The molecule has 5 heteroatoms. The molecule has 146 valence electrons. The topological polar surface area (TPSA) is 61.8 Å². The zero-order chi connectivity index (χ0) is 19.8. The number of hydrazone groups is 1. The molecule has 1 atom stereocenters. The Morgan fingerprint density at radius 1 is 1.04 bits per heavy atom. The van der Waals surface area contributed by atoms with Crippen LogP contribution in [0.5, 0.6) is 0 Å². The standard InChI is InChI=1S/C23H27N3O2/c1-18(12-13-19-8-4-2-5-9-19)24-22(27)14-15-23(28)26-17-16-21(25-26)20-10-6-3-7-11-20/h2-11,18H,12-17H2,1H3,(H,24,27). The Hall–Kier alpha value is -2.95. The maximum absolute atomic E-state index is 12.4.